The summed E-state index contributed by atoms with van der Waals surface area (Å²) in [6, 6.07) is 25.7. The van der Waals surface area contributed by atoms with E-state index in [2.05, 4.69) is 4.74 Å². The lowest BCUT2D eigenvalue weighted by atomic mass is 9.99. The van der Waals surface area contributed by atoms with E-state index < -0.39 is 80.0 Å². The van der Waals surface area contributed by atoms with E-state index >= 15 is 0 Å². The van der Waals surface area contributed by atoms with Crippen LogP contribution in [-0.4, -0.2) is 137 Å². The maximum absolute atomic E-state index is 12.1. The van der Waals surface area contributed by atoms with E-state index in [9.17, 15) is 33.6 Å². The van der Waals surface area contributed by atoms with Gasteiger partial charge in [-0.05, 0) is 36.4 Å². The summed E-state index contributed by atoms with van der Waals surface area (Å²) in [6.45, 7) is -0.337. The molecule has 20 nitrogen and oxygen atoms in total. The molecule has 0 aromatic heterocycles. The van der Waals surface area contributed by atoms with Crippen molar-refractivity contribution in [3.63, 3.8) is 0 Å². The van der Waals surface area contributed by atoms with Crippen molar-refractivity contribution < 1.29 is 94.6 Å². The minimum Gasteiger partial charge on any atom is -0.423 e. The number of hydrogen-bond donors (Lipinski definition) is 6. The molecule has 0 bridgehead atoms. The first kappa shape index (κ1) is 67.2. The molecule has 3 saturated heterocycles. The van der Waals surface area contributed by atoms with Crippen molar-refractivity contribution in [1.29, 1.82) is 0 Å². The Morgan fingerprint density at radius 1 is 0.561 bits per heavy atom. The molecule has 66 heavy (non-hydrogen) atoms. The van der Waals surface area contributed by atoms with Gasteiger partial charge in [0.1, 0.15) is 41.9 Å². The number of para-hydroxylation sites is 3. The van der Waals surface area contributed by atoms with Crippen molar-refractivity contribution in [2.45, 2.75) is 68.6 Å². The zero-order valence-corrected chi connectivity index (χ0v) is 42.6. The predicted octanol–water partition coefficient (Wildman–Crippen LogP) is 4.15. The average Bonchev–Trinajstić information content (AvgIpc) is 3.22. The third-order valence-corrected chi connectivity index (χ3v) is 12.7. The molecule has 32 heteroatoms. The van der Waals surface area contributed by atoms with Crippen molar-refractivity contribution in [1.82, 2.24) is 0 Å². The second-order valence-electron chi connectivity index (χ2n) is 12.7. The topological polar surface area (TPSA) is 282 Å². The van der Waals surface area contributed by atoms with Crippen molar-refractivity contribution >= 4 is 116 Å². The van der Waals surface area contributed by atoms with E-state index in [4.69, 9.17) is 87.6 Å². The molecule has 6 rings (SSSR count). The van der Waals surface area contributed by atoms with Gasteiger partial charge < -0.3 is 62.7 Å². The monoisotopic (exact) mass is 1080 g/mol. The standard InChI is InChI=1S/3C10H12BO5P.C4H10BO5P.4H2S/c3*11-6-9-10(12)16-17(13,7-14-9)15-8-4-2-1-3-5-8;5-1-4(2-6)10-3-11(7,8)9;;;;/h3*1-5,9-10,12H,6-7H2;4,6H,1-3H2,(H2,7,8,9);4*1H2/t9-,10?,17?;9-,10?,17+;9-,10?,17-;4-;;;;/m0000..../s1. The summed E-state index contributed by atoms with van der Waals surface area (Å²) in [7, 11) is 6.55. The quantitative estimate of drug-likeness (QED) is 0.0977. The highest BCUT2D eigenvalue weighted by atomic mass is 32.1. The number of hydrogen-bond acceptors (Lipinski definition) is 18. The van der Waals surface area contributed by atoms with Crippen LogP contribution in [-0.2, 0) is 50.8 Å². The largest absolute Gasteiger partial charge is 0.423 e. The smallest absolute Gasteiger partial charge is 0.407 e. The lowest BCUT2D eigenvalue weighted by Crippen LogP contribution is -2.36. The normalized spacial score (nSPS) is 28.2. The van der Waals surface area contributed by atoms with Crippen LogP contribution in [0.3, 0.4) is 0 Å². The van der Waals surface area contributed by atoms with Crippen LogP contribution in [0.2, 0.25) is 25.3 Å². The zero-order chi connectivity index (χ0) is 45.8. The maximum atomic E-state index is 12.1. The predicted molar refractivity (Wildman–Crippen MR) is 267 cm³/mol. The molecule has 0 saturated carbocycles. The van der Waals surface area contributed by atoms with Gasteiger partial charge >= 0.3 is 30.4 Å². The fraction of sp³-hybridized carbons (Fsp3) is 0.471. The summed E-state index contributed by atoms with van der Waals surface area (Å²) in [6.07, 6.45) is -7.75. The number of aliphatic hydroxyl groups is 4. The van der Waals surface area contributed by atoms with Crippen LogP contribution in [0.25, 0.3) is 0 Å². The Morgan fingerprint density at radius 3 is 1.03 bits per heavy atom. The van der Waals surface area contributed by atoms with Crippen molar-refractivity contribution in [2.24, 2.45) is 0 Å². The van der Waals surface area contributed by atoms with E-state index in [0.29, 0.717) is 17.2 Å². The van der Waals surface area contributed by atoms with E-state index in [1.54, 1.807) is 91.0 Å². The lowest BCUT2D eigenvalue weighted by Gasteiger charge is -2.32. The summed E-state index contributed by atoms with van der Waals surface area (Å²) in [4.78, 5) is 16.6. The van der Waals surface area contributed by atoms with Gasteiger partial charge in [-0.2, -0.15) is 54.0 Å². The van der Waals surface area contributed by atoms with Gasteiger partial charge in [-0.25, -0.2) is 13.7 Å². The molecule has 0 aliphatic carbocycles. The molecule has 3 aliphatic heterocycles. The summed E-state index contributed by atoms with van der Waals surface area (Å²) in [5.74, 6) is 1.20. The van der Waals surface area contributed by atoms with Crippen molar-refractivity contribution in [3.8, 4) is 17.2 Å². The fourth-order valence-electron chi connectivity index (χ4n) is 4.62. The minimum absolute atomic E-state index is 0. The Morgan fingerprint density at radius 2 is 0.833 bits per heavy atom. The van der Waals surface area contributed by atoms with E-state index in [0.717, 1.165) is 0 Å². The number of aliphatic hydroxyl groups excluding tert-OH is 4. The first-order valence-corrected chi connectivity index (χ1v) is 25.4. The average molecular weight is 1080 g/mol. The molecule has 4 unspecified atom stereocenters. The summed E-state index contributed by atoms with van der Waals surface area (Å²) in [5, 5.41) is 37.0. The highest BCUT2D eigenvalue weighted by Gasteiger charge is 2.41. The number of ether oxygens (including phenoxy) is 4. The van der Waals surface area contributed by atoms with Crippen LogP contribution in [0.5, 0.6) is 17.2 Å². The van der Waals surface area contributed by atoms with Crippen LogP contribution < -0.4 is 13.6 Å². The second kappa shape index (κ2) is 33.7. The van der Waals surface area contributed by atoms with Gasteiger partial charge in [0.05, 0.1) is 44.1 Å². The summed E-state index contributed by atoms with van der Waals surface area (Å²) >= 11 is 0. The molecule has 3 aromatic carbocycles. The first-order chi connectivity index (χ1) is 29.4. The van der Waals surface area contributed by atoms with E-state index in [1.807, 2.05) is 0 Å². The lowest BCUT2D eigenvalue weighted by molar-refractivity contribution is -0.143. The van der Waals surface area contributed by atoms with Gasteiger partial charge in [-0.15, -0.1) is 0 Å². The van der Waals surface area contributed by atoms with Crippen molar-refractivity contribution in [2.75, 3.05) is 32.0 Å². The van der Waals surface area contributed by atoms with Gasteiger partial charge in [-0.3, -0.25) is 18.1 Å². The number of benzene rings is 3. The summed E-state index contributed by atoms with van der Waals surface area (Å²) < 4.78 is 97.0. The van der Waals surface area contributed by atoms with Crippen LogP contribution in [0.1, 0.15) is 0 Å². The SMILES string of the molecule is S.S.S.S.[B]C[C@@H](CO)OCP(=O)(O)O.[B]C[C@@H]1OCP(=O)(Oc2ccccc2)OC1O.[B]C[C@@H]1OC[P@@](=O)(Oc2ccccc2)OC1O.[B]C[C@@H]1OC[P@](=O)(Oc2ccccc2)OC1O. The molecule has 0 spiro atoms. The molecule has 3 aromatic rings. The second-order valence-corrected chi connectivity index (χ2v) is 20.0. The Hall–Kier alpha value is -0.880. The Bertz CT molecular complexity index is 1740. The van der Waals surface area contributed by atoms with E-state index in [-0.39, 0.29) is 105 Å². The molecule has 6 N–H and O–H groups in total. The van der Waals surface area contributed by atoms with Gasteiger partial charge in [-0.1, -0.05) is 79.9 Å². The van der Waals surface area contributed by atoms with Crippen LogP contribution in [0.15, 0.2) is 91.0 Å². The Kier molecular flexibility index (Phi) is 34.3. The highest BCUT2D eigenvalue weighted by molar-refractivity contribution is 7.59. The maximum Gasteiger partial charge on any atom is 0.407 e. The molecule has 366 valence electrons. The molecular weight excluding hydrogens is 1020 g/mol. The van der Waals surface area contributed by atoms with Gasteiger partial charge in [0, 0.05) is 0 Å². The number of rotatable bonds is 14. The van der Waals surface area contributed by atoms with E-state index in [1.165, 1.54) is 0 Å². The minimum atomic E-state index is -4.13. The Balaban J connectivity index is 0. The first-order valence-electron chi connectivity index (χ1n) is 18.4. The Labute approximate surface area is 417 Å². The molecule has 3 fully saturated rings. The fourth-order valence-corrected chi connectivity index (χ4v) is 9.34. The highest BCUT2D eigenvalue weighted by Crippen LogP contribution is 2.54. The van der Waals surface area contributed by atoms with Gasteiger partial charge in [0.15, 0.2) is 37.9 Å². The van der Waals surface area contributed by atoms with Crippen LogP contribution in [0, 0.1) is 0 Å². The zero-order valence-electron chi connectivity index (χ0n) is 35.1. The molecule has 10 atom stereocenters. The molecule has 0 amide bonds. The van der Waals surface area contributed by atoms with Crippen molar-refractivity contribution in [3.05, 3.63) is 91.0 Å². The van der Waals surface area contributed by atoms with Gasteiger partial charge in [0.25, 0.3) is 0 Å². The third kappa shape index (κ3) is 24.8. The van der Waals surface area contributed by atoms with Gasteiger partial charge in [0.2, 0.25) is 0 Å². The summed E-state index contributed by atoms with van der Waals surface area (Å²) in [5.41, 5.74) is 0. The molecule has 8 radical (unpaired) electrons. The van der Waals surface area contributed by atoms with Crippen LogP contribution >= 0.6 is 84.4 Å². The molecule has 3 heterocycles. The molecule has 3 aliphatic rings. The van der Waals surface area contributed by atoms with Crippen LogP contribution in [0.4, 0.5) is 0 Å². The third-order valence-electron chi connectivity index (χ3n) is 7.71. The molecular formula is C34H54B4O20P4S4.